The predicted octanol–water partition coefficient (Wildman–Crippen LogP) is 5.27. The number of anilines is 1. The van der Waals surface area contributed by atoms with E-state index in [9.17, 15) is 14.4 Å². The van der Waals surface area contributed by atoms with Gasteiger partial charge in [-0.2, -0.15) is 0 Å². The first-order valence-corrected chi connectivity index (χ1v) is 15.7. The Balaban J connectivity index is 1.38. The van der Waals surface area contributed by atoms with E-state index in [0.29, 0.717) is 38.9 Å². The Morgan fingerprint density at radius 2 is 1.95 bits per heavy atom. The number of fused-ring (bicyclic) bond motifs is 1. The number of nitrogens with one attached hydrogen (secondary N) is 2. The van der Waals surface area contributed by atoms with E-state index in [0.717, 1.165) is 42.5 Å². The number of thiophene rings is 1. The number of carbonyl (C=O) groups excluding carboxylic acids is 3. The van der Waals surface area contributed by atoms with Gasteiger partial charge in [0, 0.05) is 16.4 Å². The molecule has 0 saturated heterocycles. The van der Waals surface area contributed by atoms with Crippen molar-refractivity contribution in [1.82, 2.24) is 20.1 Å². The highest BCUT2D eigenvalue weighted by Crippen LogP contribution is 2.40. The normalized spacial score (nSPS) is 13.0. The van der Waals surface area contributed by atoms with Gasteiger partial charge in [0.2, 0.25) is 5.91 Å². The number of rotatable bonds is 14. The Morgan fingerprint density at radius 1 is 1.17 bits per heavy atom. The fourth-order valence-electron chi connectivity index (χ4n) is 4.32. The van der Waals surface area contributed by atoms with Gasteiger partial charge in [0.25, 0.3) is 5.91 Å². The maximum atomic E-state index is 13.2. The number of aryl methyl sites for hydroxylation is 1. The molecule has 0 saturated carbocycles. The third-order valence-corrected chi connectivity index (χ3v) is 8.98. The first-order chi connectivity index (χ1) is 19.8. The first kappa shape index (κ1) is 30.9. The van der Waals surface area contributed by atoms with Crippen LogP contribution in [0.15, 0.2) is 29.4 Å². The van der Waals surface area contributed by atoms with Crippen molar-refractivity contribution < 1.29 is 23.9 Å². The van der Waals surface area contributed by atoms with Gasteiger partial charge >= 0.3 is 5.97 Å². The zero-order valence-corrected chi connectivity index (χ0v) is 25.7. The fourth-order valence-corrected chi connectivity index (χ4v) is 6.62. The number of halogens is 1. The summed E-state index contributed by atoms with van der Waals surface area (Å²) in [5, 5.41) is 15.6. The Hall–Kier alpha value is -3.09. The molecule has 0 fully saturated rings. The molecule has 10 nitrogen and oxygen atoms in total. The topological polar surface area (TPSA) is 124 Å². The molecular weight excluding hydrogens is 586 g/mol. The summed E-state index contributed by atoms with van der Waals surface area (Å²) in [6, 6.07) is 6.77. The van der Waals surface area contributed by atoms with Crippen molar-refractivity contribution >= 4 is 57.5 Å². The van der Waals surface area contributed by atoms with Crippen LogP contribution in [-0.2, 0) is 40.3 Å². The van der Waals surface area contributed by atoms with Crippen molar-refractivity contribution in [2.45, 2.75) is 76.4 Å². The van der Waals surface area contributed by atoms with Gasteiger partial charge in [0.05, 0.1) is 24.0 Å². The Bertz CT molecular complexity index is 1370. The number of hydrogen-bond donors (Lipinski definition) is 2. The van der Waals surface area contributed by atoms with Crippen molar-refractivity contribution in [3.8, 4) is 5.75 Å². The van der Waals surface area contributed by atoms with Crippen LogP contribution in [0.5, 0.6) is 5.75 Å². The molecule has 2 amide bonds. The van der Waals surface area contributed by atoms with E-state index in [4.69, 9.17) is 21.1 Å². The monoisotopic (exact) mass is 619 g/mol. The molecule has 2 aromatic heterocycles. The highest BCUT2D eigenvalue weighted by molar-refractivity contribution is 8.00. The maximum absolute atomic E-state index is 13.2. The number of thioether (sulfide) groups is 1. The highest BCUT2D eigenvalue weighted by Gasteiger charge is 2.29. The van der Waals surface area contributed by atoms with Crippen LogP contribution in [0, 0.1) is 0 Å². The molecule has 0 bridgehead atoms. The summed E-state index contributed by atoms with van der Waals surface area (Å²) >= 11 is 8.62. The summed E-state index contributed by atoms with van der Waals surface area (Å²) in [5.41, 5.74) is 1.48. The van der Waals surface area contributed by atoms with E-state index in [1.165, 1.54) is 23.1 Å². The second kappa shape index (κ2) is 14.7. The number of carbonyl (C=O) groups is 3. The molecule has 2 heterocycles. The highest BCUT2D eigenvalue weighted by atomic mass is 35.5. The number of amides is 2. The van der Waals surface area contributed by atoms with E-state index in [1.807, 2.05) is 4.57 Å². The van der Waals surface area contributed by atoms with Gasteiger partial charge < -0.3 is 24.7 Å². The summed E-state index contributed by atoms with van der Waals surface area (Å²) < 4.78 is 12.7. The number of hydrogen-bond acceptors (Lipinski definition) is 9. The summed E-state index contributed by atoms with van der Waals surface area (Å²) in [4.78, 5) is 39.4. The standard InChI is InChI=1S/C28H34ClN5O5S2/c1-4-6-14-34-22(15-30-23(35)16-39-19-12-10-18(29)11-13-19)32-33-28(34)40-17(3)25(36)31-26-24(27(37)38-5-2)20-8-7-9-21(20)41-26/h10-13,17H,4-9,14-16H2,1-3H3,(H,30,35)(H,31,36)/t17-/m0/s1. The smallest absolute Gasteiger partial charge is 0.341 e. The third-order valence-electron chi connectivity index (χ3n) is 6.44. The average molecular weight is 620 g/mol. The Labute approximate surface area is 252 Å². The number of nitrogens with zero attached hydrogens (tertiary/aromatic N) is 3. The first-order valence-electron chi connectivity index (χ1n) is 13.7. The second-order valence-electron chi connectivity index (χ2n) is 9.45. The SMILES string of the molecule is CCCCn1c(CNC(=O)COc2ccc(Cl)cc2)nnc1S[C@@H](C)C(=O)Nc1sc2c(c1C(=O)OCC)CCC2. The molecule has 1 aliphatic carbocycles. The zero-order valence-electron chi connectivity index (χ0n) is 23.3. The van der Waals surface area contributed by atoms with Crippen LogP contribution in [0.4, 0.5) is 5.00 Å². The third kappa shape index (κ3) is 8.02. The van der Waals surface area contributed by atoms with Gasteiger partial charge in [-0.1, -0.05) is 36.7 Å². The van der Waals surface area contributed by atoms with Gasteiger partial charge in [0.15, 0.2) is 17.6 Å². The molecule has 1 aliphatic rings. The summed E-state index contributed by atoms with van der Waals surface area (Å²) in [7, 11) is 0. The van der Waals surface area contributed by atoms with Crippen molar-refractivity contribution in [3.63, 3.8) is 0 Å². The van der Waals surface area contributed by atoms with Gasteiger partial charge in [-0.25, -0.2) is 4.79 Å². The largest absolute Gasteiger partial charge is 0.484 e. The minimum absolute atomic E-state index is 0.149. The molecule has 0 unspecified atom stereocenters. The number of esters is 1. The van der Waals surface area contributed by atoms with E-state index in [2.05, 4.69) is 27.8 Å². The number of ether oxygens (including phenoxy) is 2. The van der Waals surface area contributed by atoms with Crippen LogP contribution in [0.3, 0.4) is 0 Å². The summed E-state index contributed by atoms with van der Waals surface area (Å²) in [5.74, 6) is 0.204. The van der Waals surface area contributed by atoms with Crippen molar-refractivity contribution in [2.75, 3.05) is 18.5 Å². The van der Waals surface area contributed by atoms with Crippen LogP contribution in [0.25, 0.3) is 0 Å². The summed E-state index contributed by atoms with van der Waals surface area (Å²) in [6.07, 6.45) is 4.56. The molecule has 0 aliphatic heterocycles. The zero-order chi connectivity index (χ0) is 29.4. The lowest BCUT2D eigenvalue weighted by atomic mass is 10.1. The van der Waals surface area contributed by atoms with Gasteiger partial charge in [-0.3, -0.25) is 9.59 Å². The minimum Gasteiger partial charge on any atom is -0.484 e. The lowest BCUT2D eigenvalue weighted by Gasteiger charge is -2.14. The van der Waals surface area contributed by atoms with E-state index < -0.39 is 11.2 Å². The van der Waals surface area contributed by atoms with Crippen molar-refractivity contribution in [2.24, 2.45) is 0 Å². The van der Waals surface area contributed by atoms with Crippen LogP contribution in [0.2, 0.25) is 5.02 Å². The van der Waals surface area contributed by atoms with Gasteiger partial charge in [-0.05, 0) is 69.4 Å². The molecule has 1 atom stereocenters. The maximum Gasteiger partial charge on any atom is 0.341 e. The van der Waals surface area contributed by atoms with E-state index in [-0.39, 0.29) is 31.6 Å². The molecule has 0 spiro atoms. The molecular formula is C28H34ClN5O5S2. The Kier molecular flexibility index (Phi) is 11.1. The molecule has 13 heteroatoms. The van der Waals surface area contributed by atoms with Crippen LogP contribution < -0.4 is 15.4 Å². The van der Waals surface area contributed by atoms with Crippen LogP contribution in [0.1, 0.15) is 66.7 Å². The number of aromatic nitrogens is 3. The van der Waals surface area contributed by atoms with E-state index >= 15 is 0 Å². The van der Waals surface area contributed by atoms with Gasteiger partial charge in [0.1, 0.15) is 10.8 Å². The number of unbranched alkanes of at least 4 members (excludes halogenated alkanes) is 1. The Morgan fingerprint density at radius 3 is 2.68 bits per heavy atom. The molecule has 0 radical (unpaired) electrons. The minimum atomic E-state index is -0.512. The molecule has 41 heavy (non-hydrogen) atoms. The summed E-state index contributed by atoms with van der Waals surface area (Å²) in [6.45, 7) is 6.59. The van der Waals surface area contributed by atoms with Crippen LogP contribution in [-0.4, -0.2) is 51.0 Å². The molecule has 220 valence electrons. The average Bonchev–Trinajstić information content (AvgIpc) is 3.65. The molecule has 3 aromatic rings. The lowest BCUT2D eigenvalue weighted by molar-refractivity contribution is -0.123. The molecule has 1 aromatic carbocycles. The second-order valence-corrected chi connectivity index (χ2v) is 12.3. The van der Waals surface area contributed by atoms with Crippen molar-refractivity contribution in [3.05, 3.63) is 51.1 Å². The van der Waals surface area contributed by atoms with Crippen LogP contribution >= 0.6 is 34.7 Å². The molecule has 4 rings (SSSR count). The predicted molar refractivity (Wildman–Crippen MR) is 160 cm³/mol. The molecule has 2 N–H and O–H groups in total. The van der Waals surface area contributed by atoms with Crippen molar-refractivity contribution in [1.29, 1.82) is 0 Å². The van der Waals surface area contributed by atoms with Gasteiger partial charge in [-0.15, -0.1) is 21.5 Å². The number of benzene rings is 1. The quantitative estimate of drug-likeness (QED) is 0.185. The fraction of sp³-hybridized carbons (Fsp3) is 0.464. The lowest BCUT2D eigenvalue weighted by Crippen LogP contribution is -2.29. The van der Waals surface area contributed by atoms with E-state index in [1.54, 1.807) is 38.1 Å².